The number of hydrogen-bond donors (Lipinski definition) is 1. The van der Waals surface area contributed by atoms with E-state index in [1.54, 1.807) is 0 Å². The maximum atomic E-state index is 10.7. The lowest BCUT2D eigenvalue weighted by Crippen LogP contribution is -2.24. The molecule has 1 atom stereocenters. The van der Waals surface area contributed by atoms with E-state index in [4.69, 9.17) is 5.11 Å². The maximum absolute atomic E-state index is 10.7. The lowest BCUT2D eigenvalue weighted by Gasteiger charge is -2.33. The summed E-state index contributed by atoms with van der Waals surface area (Å²) in [6.45, 7) is 4.35. The normalized spacial score (nSPS) is 17.4. The molecule has 0 saturated heterocycles. The van der Waals surface area contributed by atoms with Crippen molar-refractivity contribution in [3.63, 3.8) is 0 Å². The van der Waals surface area contributed by atoms with Crippen LogP contribution in [0, 0.1) is 5.92 Å². The minimum Gasteiger partial charge on any atom is -0.481 e. The fourth-order valence-corrected chi connectivity index (χ4v) is 3.24. The van der Waals surface area contributed by atoms with E-state index in [9.17, 15) is 4.79 Å². The van der Waals surface area contributed by atoms with Crippen LogP contribution < -0.4 is 0 Å². The standard InChI is InChI=1S/C13H20N2O2S/c1-3-11-7-14-13(18-8-12(16)17)15(11)9(2)10-5-4-6-10/h7,9-10H,3-6,8H2,1-2H3,(H,16,17). The van der Waals surface area contributed by atoms with Crippen molar-refractivity contribution in [2.45, 2.75) is 50.7 Å². The van der Waals surface area contributed by atoms with Gasteiger partial charge in [0.15, 0.2) is 5.16 Å². The molecule has 0 aliphatic heterocycles. The molecule has 0 bridgehead atoms. The summed E-state index contributed by atoms with van der Waals surface area (Å²) >= 11 is 1.32. The third-order valence-corrected chi connectivity index (χ3v) is 4.72. The summed E-state index contributed by atoms with van der Waals surface area (Å²) in [7, 11) is 0. The van der Waals surface area contributed by atoms with Crippen molar-refractivity contribution >= 4 is 17.7 Å². The minimum absolute atomic E-state index is 0.0809. The fraction of sp³-hybridized carbons (Fsp3) is 0.692. The highest BCUT2D eigenvalue weighted by Gasteiger charge is 2.28. The van der Waals surface area contributed by atoms with Crippen LogP contribution in [0.15, 0.2) is 11.4 Å². The quantitative estimate of drug-likeness (QED) is 0.806. The topological polar surface area (TPSA) is 55.1 Å². The monoisotopic (exact) mass is 268 g/mol. The van der Waals surface area contributed by atoms with Crippen LogP contribution in [0.4, 0.5) is 0 Å². The predicted octanol–water partition coefficient (Wildman–Crippen LogP) is 2.98. The molecule has 0 radical (unpaired) electrons. The Morgan fingerprint density at radius 2 is 2.39 bits per heavy atom. The third kappa shape index (κ3) is 2.71. The summed E-state index contributed by atoms with van der Waals surface area (Å²) < 4.78 is 2.25. The maximum Gasteiger partial charge on any atom is 0.313 e. The highest BCUT2D eigenvalue weighted by molar-refractivity contribution is 7.99. The molecule has 1 unspecified atom stereocenters. The first-order chi connectivity index (χ1) is 8.63. The zero-order valence-electron chi connectivity index (χ0n) is 10.9. The molecule has 1 aliphatic carbocycles. The van der Waals surface area contributed by atoms with E-state index in [2.05, 4.69) is 23.4 Å². The molecule has 2 rings (SSSR count). The van der Waals surface area contributed by atoms with E-state index in [0.717, 1.165) is 17.5 Å². The number of thioether (sulfide) groups is 1. The Hall–Kier alpha value is -0.970. The second kappa shape index (κ2) is 5.78. The highest BCUT2D eigenvalue weighted by atomic mass is 32.2. The van der Waals surface area contributed by atoms with E-state index in [0.29, 0.717) is 6.04 Å². The van der Waals surface area contributed by atoms with Gasteiger partial charge in [-0.25, -0.2) is 4.98 Å². The van der Waals surface area contributed by atoms with Gasteiger partial charge in [-0.05, 0) is 32.1 Å². The Kier molecular flexibility index (Phi) is 4.32. The first-order valence-electron chi connectivity index (χ1n) is 6.54. The molecule has 1 aliphatic rings. The number of aromatic nitrogens is 2. The summed E-state index contributed by atoms with van der Waals surface area (Å²) in [5.74, 6) is 0.0231. The van der Waals surface area contributed by atoms with E-state index in [-0.39, 0.29) is 5.75 Å². The summed E-state index contributed by atoms with van der Waals surface area (Å²) in [5, 5.41) is 9.63. The molecule has 1 aromatic rings. The molecule has 0 aromatic carbocycles. The van der Waals surface area contributed by atoms with Gasteiger partial charge in [0.05, 0.1) is 5.75 Å². The van der Waals surface area contributed by atoms with E-state index in [1.165, 1.54) is 36.7 Å². The van der Waals surface area contributed by atoms with E-state index < -0.39 is 5.97 Å². The van der Waals surface area contributed by atoms with Crippen molar-refractivity contribution < 1.29 is 9.90 Å². The molecule has 1 fully saturated rings. The van der Waals surface area contributed by atoms with Crippen LogP contribution in [0.3, 0.4) is 0 Å². The summed E-state index contributed by atoms with van der Waals surface area (Å²) in [6, 6.07) is 0.437. The largest absolute Gasteiger partial charge is 0.481 e. The molecule has 1 heterocycles. The third-order valence-electron chi connectivity index (χ3n) is 3.77. The van der Waals surface area contributed by atoms with Crippen molar-refractivity contribution in [2.24, 2.45) is 5.92 Å². The van der Waals surface area contributed by atoms with Gasteiger partial charge < -0.3 is 9.67 Å². The van der Waals surface area contributed by atoms with Crippen LogP contribution in [-0.2, 0) is 11.2 Å². The molecule has 0 spiro atoms. The van der Waals surface area contributed by atoms with Crippen LogP contribution in [0.1, 0.15) is 44.8 Å². The second-order valence-electron chi connectivity index (χ2n) is 4.87. The lowest BCUT2D eigenvalue weighted by atomic mass is 9.80. The Balaban J connectivity index is 2.18. The van der Waals surface area contributed by atoms with Gasteiger partial charge in [-0.3, -0.25) is 4.79 Å². The minimum atomic E-state index is -0.788. The molecule has 5 heteroatoms. The molecular weight excluding hydrogens is 248 g/mol. The first kappa shape index (κ1) is 13.5. The molecule has 1 N–H and O–H groups in total. The number of carboxylic acid groups (broad SMARTS) is 1. The number of imidazole rings is 1. The Morgan fingerprint density at radius 1 is 1.67 bits per heavy atom. The molecule has 4 nitrogen and oxygen atoms in total. The second-order valence-corrected chi connectivity index (χ2v) is 5.81. The molecule has 1 saturated carbocycles. The average Bonchev–Trinajstić information content (AvgIpc) is 2.66. The van der Waals surface area contributed by atoms with Gasteiger partial charge in [0.2, 0.25) is 0 Å². The van der Waals surface area contributed by atoms with Crippen molar-refractivity contribution in [3.8, 4) is 0 Å². The van der Waals surface area contributed by atoms with Crippen molar-refractivity contribution in [1.82, 2.24) is 9.55 Å². The van der Waals surface area contributed by atoms with Gasteiger partial charge in [-0.2, -0.15) is 0 Å². The van der Waals surface area contributed by atoms with Gasteiger partial charge in [0.25, 0.3) is 0 Å². The highest BCUT2D eigenvalue weighted by Crippen LogP contribution is 2.38. The number of aliphatic carboxylic acids is 1. The van der Waals surface area contributed by atoms with E-state index >= 15 is 0 Å². The number of nitrogens with zero attached hydrogens (tertiary/aromatic N) is 2. The summed E-state index contributed by atoms with van der Waals surface area (Å²) in [4.78, 5) is 15.1. The molecular formula is C13H20N2O2S. The molecule has 0 amide bonds. The summed E-state index contributed by atoms with van der Waals surface area (Å²) in [5.41, 5.74) is 1.21. The van der Waals surface area contributed by atoms with Gasteiger partial charge in [0, 0.05) is 17.9 Å². The Bertz CT molecular complexity index is 427. The zero-order valence-corrected chi connectivity index (χ0v) is 11.7. The van der Waals surface area contributed by atoms with Crippen molar-refractivity contribution in [2.75, 3.05) is 5.75 Å². The number of aryl methyl sites for hydroxylation is 1. The number of rotatable bonds is 6. The van der Waals surface area contributed by atoms with E-state index in [1.807, 2.05) is 6.20 Å². The van der Waals surface area contributed by atoms with Crippen molar-refractivity contribution in [1.29, 1.82) is 0 Å². The molecule has 100 valence electrons. The van der Waals surface area contributed by atoms with Gasteiger partial charge in [-0.1, -0.05) is 25.1 Å². The van der Waals surface area contributed by atoms with Crippen LogP contribution in [0.5, 0.6) is 0 Å². The molecule has 18 heavy (non-hydrogen) atoms. The van der Waals surface area contributed by atoms with Gasteiger partial charge in [0.1, 0.15) is 0 Å². The Morgan fingerprint density at radius 3 is 2.89 bits per heavy atom. The van der Waals surface area contributed by atoms with Crippen LogP contribution >= 0.6 is 11.8 Å². The summed E-state index contributed by atoms with van der Waals surface area (Å²) in [6.07, 6.45) is 6.72. The van der Waals surface area contributed by atoms with Crippen LogP contribution in [0.2, 0.25) is 0 Å². The lowest BCUT2D eigenvalue weighted by molar-refractivity contribution is -0.133. The first-order valence-corrected chi connectivity index (χ1v) is 7.52. The average molecular weight is 268 g/mol. The smallest absolute Gasteiger partial charge is 0.313 e. The molecule has 1 aromatic heterocycles. The SMILES string of the molecule is CCc1cnc(SCC(=O)O)n1C(C)C1CCC1. The Labute approximate surface area is 112 Å². The number of carbonyl (C=O) groups is 1. The predicted molar refractivity (Wildman–Crippen MR) is 72.0 cm³/mol. The number of hydrogen-bond acceptors (Lipinski definition) is 3. The fourth-order valence-electron chi connectivity index (χ4n) is 2.44. The van der Waals surface area contributed by atoms with Crippen LogP contribution in [-0.4, -0.2) is 26.4 Å². The van der Waals surface area contributed by atoms with Crippen LogP contribution in [0.25, 0.3) is 0 Å². The number of carboxylic acids is 1. The van der Waals surface area contributed by atoms with Gasteiger partial charge >= 0.3 is 5.97 Å². The zero-order chi connectivity index (χ0) is 13.1. The van der Waals surface area contributed by atoms with Crippen molar-refractivity contribution in [3.05, 3.63) is 11.9 Å². The van der Waals surface area contributed by atoms with Gasteiger partial charge in [-0.15, -0.1) is 0 Å².